The fraction of sp³-hybridized carbons (Fsp3) is 1.00. The zero-order valence-corrected chi connectivity index (χ0v) is 12.2. The molecule has 0 aromatic carbocycles. The average molecular weight is 258 g/mol. The molecule has 0 aliphatic carbocycles. The molecule has 2 N–H and O–H groups in total. The summed E-state index contributed by atoms with van der Waals surface area (Å²) in [5.41, 5.74) is 0.349. The molecule has 0 bridgehead atoms. The molecule has 1 heterocycles. The lowest BCUT2D eigenvalue weighted by atomic mass is 9.79. The van der Waals surface area contributed by atoms with Gasteiger partial charge in [-0.05, 0) is 45.2 Å². The van der Waals surface area contributed by atoms with Gasteiger partial charge < -0.3 is 20.1 Å². The van der Waals surface area contributed by atoms with Crippen LogP contribution in [0.1, 0.15) is 33.1 Å². The molecular weight excluding hydrogens is 228 g/mol. The summed E-state index contributed by atoms with van der Waals surface area (Å²) in [5.74, 6) is 0. The van der Waals surface area contributed by atoms with Crippen LogP contribution in [0.4, 0.5) is 0 Å². The molecule has 108 valence electrons. The van der Waals surface area contributed by atoms with Gasteiger partial charge in [0, 0.05) is 32.8 Å². The van der Waals surface area contributed by atoms with E-state index in [9.17, 15) is 5.11 Å². The van der Waals surface area contributed by atoms with Crippen molar-refractivity contribution in [3.63, 3.8) is 0 Å². The normalized spacial score (nSPS) is 21.2. The van der Waals surface area contributed by atoms with E-state index in [1.165, 1.54) is 0 Å². The lowest BCUT2D eigenvalue weighted by Crippen LogP contribution is -2.46. The summed E-state index contributed by atoms with van der Waals surface area (Å²) in [5, 5.41) is 12.9. The van der Waals surface area contributed by atoms with Gasteiger partial charge in [-0.25, -0.2) is 0 Å². The SMILES string of the molecule is CCNCC1(CN(C)CCC(C)O)CCOCC1. The van der Waals surface area contributed by atoms with Gasteiger partial charge in [0.05, 0.1) is 6.10 Å². The summed E-state index contributed by atoms with van der Waals surface area (Å²) in [7, 11) is 2.16. The number of hydrogen-bond acceptors (Lipinski definition) is 4. The third-order valence-corrected chi connectivity index (χ3v) is 3.84. The predicted molar refractivity (Wildman–Crippen MR) is 74.8 cm³/mol. The second kappa shape index (κ2) is 8.10. The Balaban J connectivity index is 2.44. The number of rotatable bonds is 8. The van der Waals surface area contributed by atoms with Crippen LogP contribution in [0, 0.1) is 5.41 Å². The van der Waals surface area contributed by atoms with Gasteiger partial charge in [0.1, 0.15) is 0 Å². The van der Waals surface area contributed by atoms with Crippen LogP contribution in [-0.4, -0.2) is 62.6 Å². The minimum Gasteiger partial charge on any atom is -0.393 e. The Morgan fingerprint density at radius 1 is 1.39 bits per heavy atom. The highest BCUT2D eigenvalue weighted by Crippen LogP contribution is 2.30. The molecule has 0 saturated carbocycles. The summed E-state index contributed by atoms with van der Waals surface area (Å²) in [4.78, 5) is 2.36. The largest absolute Gasteiger partial charge is 0.393 e. The Morgan fingerprint density at radius 2 is 2.06 bits per heavy atom. The van der Waals surface area contributed by atoms with Gasteiger partial charge in [0.15, 0.2) is 0 Å². The van der Waals surface area contributed by atoms with Crippen LogP contribution < -0.4 is 5.32 Å². The second-order valence-corrected chi connectivity index (χ2v) is 5.77. The van der Waals surface area contributed by atoms with Crippen molar-refractivity contribution in [3.05, 3.63) is 0 Å². The third-order valence-electron chi connectivity index (χ3n) is 3.84. The maximum Gasteiger partial charge on any atom is 0.0524 e. The van der Waals surface area contributed by atoms with Gasteiger partial charge in [0.2, 0.25) is 0 Å². The number of aliphatic hydroxyl groups is 1. The van der Waals surface area contributed by atoms with E-state index in [2.05, 4.69) is 24.2 Å². The Hall–Kier alpha value is -0.160. The van der Waals surface area contributed by atoms with Gasteiger partial charge >= 0.3 is 0 Å². The van der Waals surface area contributed by atoms with Gasteiger partial charge in [-0.3, -0.25) is 0 Å². The van der Waals surface area contributed by atoms with E-state index >= 15 is 0 Å². The van der Waals surface area contributed by atoms with E-state index < -0.39 is 0 Å². The van der Waals surface area contributed by atoms with E-state index in [1.54, 1.807) is 0 Å². The fourth-order valence-electron chi connectivity index (χ4n) is 2.64. The Morgan fingerprint density at radius 3 is 2.61 bits per heavy atom. The summed E-state index contributed by atoms with van der Waals surface area (Å²) in [6, 6.07) is 0. The van der Waals surface area contributed by atoms with E-state index in [0.29, 0.717) is 5.41 Å². The number of ether oxygens (including phenoxy) is 1. The van der Waals surface area contributed by atoms with Gasteiger partial charge in [0.25, 0.3) is 0 Å². The molecule has 0 radical (unpaired) electrons. The van der Waals surface area contributed by atoms with Crippen molar-refractivity contribution in [1.82, 2.24) is 10.2 Å². The number of nitrogens with one attached hydrogen (secondary N) is 1. The van der Waals surface area contributed by atoms with Gasteiger partial charge in [-0.1, -0.05) is 6.92 Å². The third kappa shape index (κ3) is 5.65. The van der Waals surface area contributed by atoms with Crippen LogP contribution in [0.2, 0.25) is 0 Å². The molecule has 1 aliphatic heterocycles. The second-order valence-electron chi connectivity index (χ2n) is 5.77. The molecular formula is C14H30N2O2. The zero-order valence-electron chi connectivity index (χ0n) is 12.2. The molecule has 0 spiro atoms. The zero-order chi connectivity index (χ0) is 13.4. The van der Waals surface area contributed by atoms with Crippen molar-refractivity contribution >= 4 is 0 Å². The average Bonchev–Trinajstić information content (AvgIpc) is 2.35. The smallest absolute Gasteiger partial charge is 0.0524 e. The van der Waals surface area contributed by atoms with Crippen molar-refractivity contribution in [2.75, 3.05) is 46.4 Å². The molecule has 1 fully saturated rings. The standard InChI is InChI=1S/C14H30N2O2/c1-4-15-11-14(6-9-18-10-7-14)12-16(3)8-5-13(2)17/h13,15,17H,4-12H2,1-3H3. The topological polar surface area (TPSA) is 44.7 Å². The summed E-state index contributed by atoms with van der Waals surface area (Å²) in [6.07, 6.45) is 2.93. The van der Waals surface area contributed by atoms with Crippen LogP contribution in [0.5, 0.6) is 0 Å². The van der Waals surface area contributed by atoms with Gasteiger partial charge in [-0.2, -0.15) is 0 Å². The molecule has 1 saturated heterocycles. The first kappa shape index (κ1) is 15.9. The highest BCUT2D eigenvalue weighted by Gasteiger charge is 2.33. The van der Waals surface area contributed by atoms with E-state index in [0.717, 1.165) is 58.7 Å². The lowest BCUT2D eigenvalue weighted by Gasteiger charge is -2.40. The van der Waals surface area contributed by atoms with Crippen molar-refractivity contribution in [1.29, 1.82) is 0 Å². The monoisotopic (exact) mass is 258 g/mol. The fourth-order valence-corrected chi connectivity index (χ4v) is 2.64. The summed E-state index contributed by atoms with van der Waals surface area (Å²) >= 11 is 0. The summed E-state index contributed by atoms with van der Waals surface area (Å²) < 4.78 is 5.50. The van der Waals surface area contributed by atoms with E-state index in [4.69, 9.17) is 4.74 Å². The highest BCUT2D eigenvalue weighted by atomic mass is 16.5. The minimum absolute atomic E-state index is 0.202. The summed E-state index contributed by atoms with van der Waals surface area (Å²) in [6.45, 7) is 9.94. The Labute approximate surface area is 112 Å². The van der Waals surface area contributed by atoms with Crippen molar-refractivity contribution < 1.29 is 9.84 Å². The highest BCUT2D eigenvalue weighted by molar-refractivity contribution is 4.86. The Bertz CT molecular complexity index is 216. The van der Waals surface area contributed by atoms with Crippen LogP contribution in [0.3, 0.4) is 0 Å². The quantitative estimate of drug-likeness (QED) is 0.684. The first-order valence-electron chi connectivity index (χ1n) is 7.23. The first-order chi connectivity index (χ1) is 8.58. The Kier molecular flexibility index (Phi) is 7.15. The van der Waals surface area contributed by atoms with E-state index in [-0.39, 0.29) is 6.10 Å². The first-order valence-corrected chi connectivity index (χ1v) is 7.23. The molecule has 0 aromatic heterocycles. The molecule has 18 heavy (non-hydrogen) atoms. The molecule has 0 aromatic rings. The van der Waals surface area contributed by atoms with Crippen molar-refractivity contribution in [2.24, 2.45) is 5.41 Å². The van der Waals surface area contributed by atoms with Crippen LogP contribution in [0.25, 0.3) is 0 Å². The maximum absolute atomic E-state index is 9.35. The molecule has 0 amide bonds. The van der Waals surface area contributed by atoms with Crippen LogP contribution in [0.15, 0.2) is 0 Å². The molecule has 1 unspecified atom stereocenters. The van der Waals surface area contributed by atoms with Crippen molar-refractivity contribution in [3.8, 4) is 0 Å². The maximum atomic E-state index is 9.35. The van der Waals surface area contributed by atoms with Crippen LogP contribution in [-0.2, 0) is 4.74 Å². The number of hydrogen-bond donors (Lipinski definition) is 2. The van der Waals surface area contributed by atoms with Crippen LogP contribution >= 0.6 is 0 Å². The lowest BCUT2D eigenvalue weighted by molar-refractivity contribution is -0.00176. The molecule has 1 atom stereocenters. The van der Waals surface area contributed by atoms with E-state index in [1.807, 2.05) is 6.92 Å². The molecule has 4 nitrogen and oxygen atoms in total. The molecule has 1 aliphatic rings. The predicted octanol–water partition coefficient (Wildman–Crippen LogP) is 1.10. The van der Waals surface area contributed by atoms with Crippen molar-refractivity contribution in [2.45, 2.75) is 39.2 Å². The van der Waals surface area contributed by atoms with Gasteiger partial charge in [-0.15, -0.1) is 0 Å². The number of aliphatic hydroxyl groups excluding tert-OH is 1. The number of nitrogens with zero attached hydrogens (tertiary/aromatic N) is 1. The molecule has 4 heteroatoms. The minimum atomic E-state index is -0.202. The molecule has 1 rings (SSSR count).